The number of piperidine rings is 1. The number of amides is 1. The molecule has 0 radical (unpaired) electrons. The second kappa shape index (κ2) is 9.10. The van der Waals surface area contributed by atoms with Crippen LogP contribution in [0.4, 0.5) is 5.69 Å². The first-order valence-corrected chi connectivity index (χ1v) is 11.0. The lowest BCUT2D eigenvalue weighted by atomic mass is 9.95. The summed E-state index contributed by atoms with van der Waals surface area (Å²) >= 11 is 3.43. The Balaban J connectivity index is 1.29. The molecule has 1 saturated heterocycles. The largest absolute Gasteiger partial charge is 0.338 e. The third kappa shape index (κ3) is 5.15. The van der Waals surface area contributed by atoms with Crippen molar-refractivity contribution < 1.29 is 9.32 Å². The molecule has 4 rings (SSSR count). The average Bonchev–Trinajstić information content (AvgIpc) is 3.16. The van der Waals surface area contributed by atoms with Gasteiger partial charge in [0.15, 0.2) is 0 Å². The summed E-state index contributed by atoms with van der Waals surface area (Å²) in [7, 11) is 0. The molecule has 1 N–H and O–H groups in total. The van der Waals surface area contributed by atoms with E-state index in [0.29, 0.717) is 18.3 Å². The molecule has 0 bridgehead atoms. The van der Waals surface area contributed by atoms with Gasteiger partial charge in [0.1, 0.15) is 0 Å². The topological polar surface area (TPSA) is 71.3 Å². The molecular formula is C23H25BrN4O2. The van der Waals surface area contributed by atoms with Crippen molar-refractivity contribution in [2.45, 2.75) is 33.2 Å². The fourth-order valence-corrected chi connectivity index (χ4v) is 4.14. The monoisotopic (exact) mass is 468 g/mol. The molecule has 30 heavy (non-hydrogen) atoms. The van der Waals surface area contributed by atoms with Crippen molar-refractivity contribution in [2.75, 3.05) is 18.4 Å². The SMILES string of the molecule is Cc1cc(C)cc(NC(=O)C2CCN(Cc3nc(-c4ccc(Br)cc4)no3)CC2)c1. The summed E-state index contributed by atoms with van der Waals surface area (Å²) in [6.07, 6.45) is 1.65. The molecule has 6 nitrogen and oxygen atoms in total. The number of nitrogens with zero attached hydrogens (tertiary/aromatic N) is 3. The van der Waals surface area contributed by atoms with Crippen LogP contribution in [0.25, 0.3) is 11.4 Å². The van der Waals surface area contributed by atoms with Gasteiger partial charge < -0.3 is 9.84 Å². The van der Waals surface area contributed by atoms with Crippen LogP contribution < -0.4 is 5.32 Å². The smallest absolute Gasteiger partial charge is 0.241 e. The third-order valence-corrected chi connectivity index (χ3v) is 5.91. The molecule has 0 aliphatic carbocycles. The number of benzene rings is 2. The number of aromatic nitrogens is 2. The highest BCUT2D eigenvalue weighted by molar-refractivity contribution is 9.10. The van der Waals surface area contributed by atoms with Crippen LogP contribution in [0.1, 0.15) is 29.9 Å². The highest BCUT2D eigenvalue weighted by Crippen LogP contribution is 2.23. The minimum absolute atomic E-state index is 0.0306. The number of likely N-dealkylation sites (tertiary alicyclic amines) is 1. The summed E-state index contributed by atoms with van der Waals surface area (Å²) in [5.74, 6) is 1.34. The molecule has 7 heteroatoms. The molecule has 0 unspecified atom stereocenters. The molecule has 1 aromatic heterocycles. The van der Waals surface area contributed by atoms with E-state index in [1.807, 2.05) is 50.2 Å². The fraction of sp³-hybridized carbons (Fsp3) is 0.348. The van der Waals surface area contributed by atoms with Crippen LogP contribution in [0.15, 0.2) is 51.5 Å². The molecule has 2 aromatic carbocycles. The summed E-state index contributed by atoms with van der Waals surface area (Å²) in [6.45, 7) is 6.36. The summed E-state index contributed by atoms with van der Waals surface area (Å²) in [6, 6.07) is 14.0. The Hall–Kier alpha value is -2.51. The Bertz CT molecular complexity index is 1000. The predicted octanol–water partition coefficient (Wildman–Crippen LogP) is 4.97. The Morgan fingerprint density at radius 3 is 2.47 bits per heavy atom. The van der Waals surface area contributed by atoms with Gasteiger partial charge in [-0.25, -0.2) is 0 Å². The predicted molar refractivity (Wildman–Crippen MR) is 120 cm³/mol. The summed E-state index contributed by atoms with van der Waals surface area (Å²) in [5, 5.41) is 7.18. The number of hydrogen-bond acceptors (Lipinski definition) is 5. The number of nitrogens with one attached hydrogen (secondary N) is 1. The van der Waals surface area contributed by atoms with Crippen molar-refractivity contribution in [3.05, 3.63) is 64.0 Å². The van der Waals surface area contributed by atoms with Crippen molar-refractivity contribution >= 4 is 27.5 Å². The van der Waals surface area contributed by atoms with Crippen molar-refractivity contribution in [2.24, 2.45) is 5.92 Å². The first-order chi connectivity index (χ1) is 14.5. The van der Waals surface area contributed by atoms with E-state index in [-0.39, 0.29) is 11.8 Å². The lowest BCUT2D eigenvalue weighted by molar-refractivity contribution is -0.121. The van der Waals surface area contributed by atoms with Crippen LogP contribution in [-0.2, 0) is 11.3 Å². The first-order valence-electron chi connectivity index (χ1n) is 10.2. The van der Waals surface area contributed by atoms with Crippen LogP contribution >= 0.6 is 15.9 Å². The summed E-state index contributed by atoms with van der Waals surface area (Å²) in [5.41, 5.74) is 4.12. The van der Waals surface area contributed by atoms with E-state index in [1.54, 1.807) is 0 Å². The van der Waals surface area contributed by atoms with Crippen molar-refractivity contribution in [1.29, 1.82) is 0 Å². The van der Waals surface area contributed by atoms with E-state index in [2.05, 4.69) is 42.4 Å². The third-order valence-electron chi connectivity index (χ3n) is 5.38. The molecule has 1 fully saturated rings. The van der Waals surface area contributed by atoms with E-state index in [9.17, 15) is 4.79 Å². The number of halogens is 1. The number of aryl methyl sites for hydroxylation is 2. The molecule has 1 aliphatic heterocycles. The summed E-state index contributed by atoms with van der Waals surface area (Å²) in [4.78, 5) is 19.4. The van der Waals surface area contributed by atoms with Crippen LogP contribution in [-0.4, -0.2) is 34.0 Å². The van der Waals surface area contributed by atoms with Crippen LogP contribution in [0.2, 0.25) is 0 Å². The second-order valence-electron chi connectivity index (χ2n) is 7.93. The van der Waals surface area contributed by atoms with Crippen LogP contribution in [0, 0.1) is 19.8 Å². The number of carbonyl (C=O) groups excluding carboxylic acids is 1. The van der Waals surface area contributed by atoms with Crippen molar-refractivity contribution in [1.82, 2.24) is 15.0 Å². The Kier molecular flexibility index (Phi) is 6.29. The van der Waals surface area contributed by atoms with E-state index >= 15 is 0 Å². The molecule has 1 aliphatic rings. The molecule has 1 amide bonds. The highest BCUT2D eigenvalue weighted by atomic mass is 79.9. The van der Waals surface area contributed by atoms with Gasteiger partial charge >= 0.3 is 0 Å². The molecule has 0 spiro atoms. The van der Waals surface area contributed by atoms with E-state index in [1.165, 1.54) is 0 Å². The Morgan fingerprint density at radius 2 is 1.80 bits per heavy atom. The lowest BCUT2D eigenvalue weighted by Gasteiger charge is -2.30. The average molecular weight is 469 g/mol. The fourth-order valence-electron chi connectivity index (χ4n) is 3.87. The van der Waals surface area contributed by atoms with Gasteiger partial charge in [0, 0.05) is 21.6 Å². The van der Waals surface area contributed by atoms with E-state index in [4.69, 9.17) is 4.52 Å². The molecule has 0 atom stereocenters. The Morgan fingerprint density at radius 1 is 1.13 bits per heavy atom. The maximum Gasteiger partial charge on any atom is 0.241 e. The lowest BCUT2D eigenvalue weighted by Crippen LogP contribution is -2.37. The number of carbonyl (C=O) groups is 1. The normalized spacial score (nSPS) is 15.3. The van der Waals surface area contributed by atoms with Gasteiger partial charge in [0.25, 0.3) is 0 Å². The first kappa shape index (κ1) is 20.8. The van der Waals surface area contributed by atoms with Gasteiger partial charge in [0.2, 0.25) is 17.6 Å². The van der Waals surface area contributed by atoms with Gasteiger partial charge in [-0.1, -0.05) is 27.2 Å². The zero-order valence-corrected chi connectivity index (χ0v) is 18.8. The van der Waals surface area contributed by atoms with Gasteiger partial charge in [-0.05, 0) is 87.3 Å². The maximum atomic E-state index is 12.7. The highest BCUT2D eigenvalue weighted by Gasteiger charge is 2.26. The van der Waals surface area contributed by atoms with Gasteiger partial charge in [-0.15, -0.1) is 0 Å². The number of anilines is 1. The summed E-state index contributed by atoms with van der Waals surface area (Å²) < 4.78 is 6.45. The maximum absolute atomic E-state index is 12.7. The molecule has 3 aromatic rings. The molecular weight excluding hydrogens is 444 g/mol. The Labute approximate surface area is 184 Å². The van der Waals surface area contributed by atoms with Crippen molar-refractivity contribution in [3.63, 3.8) is 0 Å². The van der Waals surface area contributed by atoms with Crippen molar-refractivity contribution in [3.8, 4) is 11.4 Å². The van der Waals surface area contributed by atoms with Crippen LogP contribution in [0.5, 0.6) is 0 Å². The zero-order valence-electron chi connectivity index (χ0n) is 17.2. The standard InChI is InChI=1S/C23H25BrN4O2/c1-15-11-16(2)13-20(12-15)25-23(29)18-7-9-28(10-8-18)14-21-26-22(27-30-21)17-3-5-19(24)6-4-17/h3-6,11-13,18H,7-10,14H2,1-2H3,(H,25,29). The number of rotatable bonds is 5. The minimum Gasteiger partial charge on any atom is -0.338 e. The van der Waals surface area contributed by atoms with Gasteiger partial charge in [0.05, 0.1) is 6.54 Å². The second-order valence-corrected chi connectivity index (χ2v) is 8.85. The molecule has 0 saturated carbocycles. The number of hydrogen-bond donors (Lipinski definition) is 1. The molecule has 156 valence electrons. The quantitative estimate of drug-likeness (QED) is 0.572. The van der Waals surface area contributed by atoms with E-state index in [0.717, 1.165) is 52.8 Å². The molecule has 2 heterocycles. The minimum atomic E-state index is 0.0306. The van der Waals surface area contributed by atoms with Gasteiger partial charge in [-0.2, -0.15) is 4.98 Å². The zero-order chi connectivity index (χ0) is 21.1. The van der Waals surface area contributed by atoms with Crippen LogP contribution in [0.3, 0.4) is 0 Å². The van der Waals surface area contributed by atoms with E-state index < -0.39 is 0 Å². The van der Waals surface area contributed by atoms with Gasteiger partial charge in [-0.3, -0.25) is 9.69 Å².